The van der Waals surface area contributed by atoms with Crippen LogP contribution in [0, 0.1) is 5.95 Å². The van der Waals surface area contributed by atoms with Crippen molar-refractivity contribution < 1.29 is 22.4 Å². The first-order valence-electron chi connectivity index (χ1n) is 6.65. The lowest BCUT2D eigenvalue weighted by atomic mass is 9.95. The highest BCUT2D eigenvalue weighted by atomic mass is 19.4. The predicted molar refractivity (Wildman–Crippen MR) is 65.0 cm³/mol. The highest BCUT2D eigenvalue weighted by Crippen LogP contribution is 2.31. The zero-order valence-electron chi connectivity index (χ0n) is 10.9. The van der Waals surface area contributed by atoms with Crippen LogP contribution in [-0.4, -0.2) is 29.0 Å². The standard InChI is InChI=1S/C13H13F4N3O/c14-11-7(13(15,16)17)2-4-9(19-11)12(21)20-10-5-6-1-3-8(10)18-6/h2,4,6,8,10,18H,1,3,5H2,(H,20,21). The van der Waals surface area contributed by atoms with Gasteiger partial charge in [-0.1, -0.05) is 0 Å². The number of nitrogens with zero attached hydrogens (tertiary/aromatic N) is 1. The van der Waals surface area contributed by atoms with Crippen molar-refractivity contribution in [1.82, 2.24) is 15.6 Å². The summed E-state index contributed by atoms with van der Waals surface area (Å²) in [6.45, 7) is 0. The Morgan fingerprint density at radius 2 is 2.10 bits per heavy atom. The molecule has 3 rings (SSSR count). The van der Waals surface area contributed by atoms with Gasteiger partial charge in [0, 0.05) is 18.1 Å². The molecule has 21 heavy (non-hydrogen) atoms. The number of rotatable bonds is 2. The van der Waals surface area contributed by atoms with Crippen molar-refractivity contribution in [3.8, 4) is 0 Å². The number of amides is 1. The smallest absolute Gasteiger partial charge is 0.346 e. The predicted octanol–water partition coefficient (Wildman–Crippen LogP) is 1.86. The lowest BCUT2D eigenvalue weighted by Crippen LogP contribution is -2.43. The SMILES string of the molecule is O=C(NC1CC2CCC1N2)c1ccc(C(F)(F)F)c(F)n1. The van der Waals surface area contributed by atoms with E-state index in [1.54, 1.807) is 0 Å². The first kappa shape index (κ1) is 14.2. The molecule has 0 aliphatic carbocycles. The molecule has 1 aromatic rings. The maximum atomic E-state index is 13.3. The van der Waals surface area contributed by atoms with Gasteiger partial charge in [-0.05, 0) is 31.4 Å². The number of hydrogen-bond acceptors (Lipinski definition) is 3. The van der Waals surface area contributed by atoms with Gasteiger partial charge in [0.25, 0.3) is 5.91 Å². The summed E-state index contributed by atoms with van der Waals surface area (Å²) in [6, 6.07) is 1.90. The van der Waals surface area contributed by atoms with Gasteiger partial charge < -0.3 is 10.6 Å². The second-order valence-electron chi connectivity index (χ2n) is 5.40. The summed E-state index contributed by atoms with van der Waals surface area (Å²) in [7, 11) is 0. The van der Waals surface area contributed by atoms with Crippen LogP contribution in [0.5, 0.6) is 0 Å². The average molecular weight is 303 g/mol. The van der Waals surface area contributed by atoms with Crippen molar-refractivity contribution >= 4 is 5.91 Å². The number of pyridine rings is 1. The van der Waals surface area contributed by atoms with Gasteiger partial charge in [-0.2, -0.15) is 17.6 Å². The molecule has 0 aromatic carbocycles. The van der Waals surface area contributed by atoms with Gasteiger partial charge in [0.1, 0.15) is 11.3 Å². The first-order chi connectivity index (χ1) is 9.84. The quantitative estimate of drug-likeness (QED) is 0.648. The molecule has 2 aliphatic heterocycles. The highest BCUT2D eigenvalue weighted by molar-refractivity contribution is 5.92. The topological polar surface area (TPSA) is 54.0 Å². The summed E-state index contributed by atoms with van der Waals surface area (Å²) >= 11 is 0. The Morgan fingerprint density at radius 1 is 1.33 bits per heavy atom. The van der Waals surface area contributed by atoms with Gasteiger partial charge in [0.2, 0.25) is 5.95 Å². The molecular weight excluding hydrogens is 290 g/mol. The van der Waals surface area contributed by atoms with Crippen LogP contribution < -0.4 is 10.6 Å². The molecule has 3 heterocycles. The third kappa shape index (κ3) is 2.72. The number of fused-ring (bicyclic) bond motifs is 2. The Bertz CT molecular complexity index is 575. The first-order valence-corrected chi connectivity index (χ1v) is 6.65. The summed E-state index contributed by atoms with van der Waals surface area (Å²) < 4.78 is 50.6. The van der Waals surface area contributed by atoms with Crippen molar-refractivity contribution in [3.05, 3.63) is 29.3 Å². The van der Waals surface area contributed by atoms with Crippen LogP contribution >= 0.6 is 0 Å². The van der Waals surface area contributed by atoms with Crippen molar-refractivity contribution in [2.75, 3.05) is 0 Å². The number of hydrogen-bond donors (Lipinski definition) is 2. The fraction of sp³-hybridized carbons (Fsp3) is 0.538. The van der Waals surface area contributed by atoms with E-state index in [9.17, 15) is 22.4 Å². The van der Waals surface area contributed by atoms with Crippen LogP contribution in [0.2, 0.25) is 0 Å². The fourth-order valence-electron chi connectivity index (χ4n) is 3.00. The van der Waals surface area contributed by atoms with Crippen LogP contribution in [-0.2, 0) is 6.18 Å². The average Bonchev–Trinajstić information content (AvgIpc) is 2.99. The number of carbonyl (C=O) groups is 1. The van der Waals surface area contributed by atoms with Crippen LogP contribution in [0.4, 0.5) is 17.6 Å². The minimum absolute atomic E-state index is 0.0802. The molecule has 114 valence electrons. The van der Waals surface area contributed by atoms with E-state index < -0.39 is 23.6 Å². The minimum Gasteiger partial charge on any atom is -0.346 e. The van der Waals surface area contributed by atoms with Crippen molar-refractivity contribution in [3.63, 3.8) is 0 Å². The molecule has 1 aromatic heterocycles. The maximum absolute atomic E-state index is 13.3. The van der Waals surface area contributed by atoms with E-state index in [0.717, 1.165) is 25.3 Å². The molecule has 4 nitrogen and oxygen atoms in total. The Morgan fingerprint density at radius 3 is 2.62 bits per heavy atom. The molecule has 1 amide bonds. The van der Waals surface area contributed by atoms with Gasteiger partial charge >= 0.3 is 6.18 Å². The van der Waals surface area contributed by atoms with Crippen LogP contribution in [0.3, 0.4) is 0 Å². The van der Waals surface area contributed by atoms with Crippen LogP contribution in [0.1, 0.15) is 35.3 Å². The van der Waals surface area contributed by atoms with Gasteiger partial charge in [0.05, 0.1) is 0 Å². The van der Waals surface area contributed by atoms with E-state index in [1.165, 1.54) is 0 Å². The second kappa shape index (κ2) is 4.94. The van der Waals surface area contributed by atoms with E-state index in [1.807, 2.05) is 0 Å². The zero-order valence-corrected chi connectivity index (χ0v) is 10.9. The number of aromatic nitrogens is 1. The molecular formula is C13H13F4N3O. The van der Waals surface area contributed by atoms with Gasteiger partial charge in [-0.3, -0.25) is 4.79 Å². The van der Waals surface area contributed by atoms with E-state index >= 15 is 0 Å². The number of alkyl halides is 3. The second-order valence-corrected chi connectivity index (χ2v) is 5.40. The van der Waals surface area contributed by atoms with E-state index in [0.29, 0.717) is 12.1 Å². The van der Waals surface area contributed by atoms with Gasteiger partial charge in [-0.25, -0.2) is 4.98 Å². The van der Waals surface area contributed by atoms with Crippen molar-refractivity contribution in [2.24, 2.45) is 0 Å². The normalized spacial score (nSPS) is 27.9. The monoisotopic (exact) mass is 303 g/mol. The Hall–Kier alpha value is -1.70. The summed E-state index contributed by atoms with van der Waals surface area (Å²) in [5.74, 6) is -2.33. The third-order valence-electron chi connectivity index (χ3n) is 4.00. The number of nitrogens with one attached hydrogen (secondary N) is 2. The molecule has 2 fully saturated rings. The van der Waals surface area contributed by atoms with Crippen molar-refractivity contribution in [2.45, 2.75) is 43.6 Å². The number of carbonyl (C=O) groups excluding carboxylic acids is 1. The molecule has 3 atom stereocenters. The van der Waals surface area contributed by atoms with Gasteiger partial charge in [-0.15, -0.1) is 0 Å². The molecule has 2 bridgehead atoms. The minimum atomic E-state index is -4.82. The number of halogens is 4. The Kier molecular flexibility index (Phi) is 3.35. The summed E-state index contributed by atoms with van der Waals surface area (Å²) in [6.07, 6.45) is -2.03. The largest absolute Gasteiger partial charge is 0.420 e. The molecule has 0 radical (unpaired) electrons. The lowest BCUT2D eigenvalue weighted by Gasteiger charge is -2.21. The molecule has 8 heteroatoms. The lowest BCUT2D eigenvalue weighted by molar-refractivity contribution is -0.140. The Balaban J connectivity index is 1.72. The molecule has 2 saturated heterocycles. The molecule has 0 saturated carbocycles. The highest BCUT2D eigenvalue weighted by Gasteiger charge is 2.40. The summed E-state index contributed by atoms with van der Waals surface area (Å²) in [5, 5.41) is 6.02. The van der Waals surface area contributed by atoms with Crippen LogP contribution in [0.25, 0.3) is 0 Å². The van der Waals surface area contributed by atoms with E-state index in [4.69, 9.17) is 0 Å². The van der Waals surface area contributed by atoms with Gasteiger partial charge in [0.15, 0.2) is 0 Å². The third-order valence-corrected chi connectivity index (χ3v) is 4.00. The molecule has 0 spiro atoms. The fourth-order valence-corrected chi connectivity index (χ4v) is 3.00. The van der Waals surface area contributed by atoms with Crippen LogP contribution in [0.15, 0.2) is 12.1 Å². The zero-order chi connectivity index (χ0) is 15.2. The maximum Gasteiger partial charge on any atom is 0.420 e. The molecule has 2 aliphatic rings. The molecule has 2 N–H and O–H groups in total. The summed E-state index contributed by atoms with van der Waals surface area (Å²) in [5.41, 5.74) is -1.82. The summed E-state index contributed by atoms with van der Waals surface area (Å²) in [4.78, 5) is 15.1. The van der Waals surface area contributed by atoms with E-state index in [2.05, 4.69) is 15.6 Å². The van der Waals surface area contributed by atoms with Crippen molar-refractivity contribution in [1.29, 1.82) is 0 Å². The Labute approximate surface area is 117 Å². The molecule has 3 unspecified atom stereocenters. The van der Waals surface area contributed by atoms with E-state index in [-0.39, 0.29) is 17.8 Å².